The number of rotatable bonds is 7. The van der Waals surface area contributed by atoms with Crippen molar-refractivity contribution >= 4 is 11.5 Å². The molecule has 0 aromatic heterocycles. The first-order valence-electron chi connectivity index (χ1n) is 8.30. The van der Waals surface area contributed by atoms with E-state index in [1.807, 2.05) is 25.2 Å². The second kappa shape index (κ2) is 7.63. The van der Waals surface area contributed by atoms with E-state index >= 15 is 0 Å². The summed E-state index contributed by atoms with van der Waals surface area (Å²) >= 11 is 0. The number of anilines is 1. The summed E-state index contributed by atoms with van der Waals surface area (Å²) in [5.74, 6) is 1.56. The van der Waals surface area contributed by atoms with Crippen molar-refractivity contribution in [2.24, 2.45) is 5.92 Å². The minimum absolute atomic E-state index is 0.180. The molecule has 0 bridgehead atoms. The maximum Gasteiger partial charge on any atom is 0.164 e. The van der Waals surface area contributed by atoms with E-state index in [1.54, 1.807) is 0 Å². The lowest BCUT2D eigenvalue weighted by Crippen LogP contribution is -2.43. The highest BCUT2D eigenvalue weighted by Crippen LogP contribution is 2.36. The molecule has 1 N–H and O–H groups in total. The van der Waals surface area contributed by atoms with Crippen LogP contribution >= 0.6 is 0 Å². The Hall–Kier alpha value is -1.55. The summed E-state index contributed by atoms with van der Waals surface area (Å²) in [4.78, 5) is 14.6. The van der Waals surface area contributed by atoms with Crippen molar-refractivity contribution in [3.8, 4) is 5.75 Å². The van der Waals surface area contributed by atoms with Gasteiger partial charge in [0.05, 0.1) is 12.2 Å². The fourth-order valence-electron chi connectivity index (χ4n) is 2.76. The van der Waals surface area contributed by atoms with Crippen molar-refractivity contribution < 1.29 is 9.53 Å². The van der Waals surface area contributed by atoms with E-state index in [9.17, 15) is 4.79 Å². The van der Waals surface area contributed by atoms with Gasteiger partial charge in [0.2, 0.25) is 0 Å². The van der Waals surface area contributed by atoms with Gasteiger partial charge in [0.25, 0.3) is 0 Å². The Balaban J connectivity index is 2.26. The van der Waals surface area contributed by atoms with Crippen molar-refractivity contribution in [2.75, 3.05) is 31.6 Å². The molecule has 1 unspecified atom stereocenters. The van der Waals surface area contributed by atoms with Gasteiger partial charge in [0.1, 0.15) is 11.9 Å². The number of carbonyl (C=O) groups excluding carboxylic acids is 1. The average Bonchev–Trinajstić information content (AvgIpc) is 2.52. The van der Waals surface area contributed by atoms with Crippen molar-refractivity contribution in [1.29, 1.82) is 0 Å². The smallest absolute Gasteiger partial charge is 0.164 e. The van der Waals surface area contributed by atoms with Crippen LogP contribution in [0.1, 0.15) is 44.0 Å². The summed E-state index contributed by atoms with van der Waals surface area (Å²) in [6, 6.07) is 5.85. The molecule has 4 nitrogen and oxygen atoms in total. The zero-order valence-corrected chi connectivity index (χ0v) is 14.2. The number of benzene rings is 1. The zero-order chi connectivity index (χ0) is 16.1. The molecule has 1 aliphatic heterocycles. The lowest BCUT2D eigenvalue weighted by atomic mass is 10.0. The molecule has 0 aliphatic carbocycles. The number of Topliss-reactive ketones (excluding diaryl/α,β-unsaturated/α-hetero) is 1. The van der Waals surface area contributed by atoms with E-state index in [1.165, 1.54) is 0 Å². The number of nitrogens with zero attached hydrogens (tertiary/aromatic N) is 1. The molecule has 0 spiro atoms. The van der Waals surface area contributed by atoms with E-state index in [0.717, 1.165) is 36.5 Å². The van der Waals surface area contributed by atoms with Crippen molar-refractivity contribution in [2.45, 2.75) is 39.7 Å². The van der Waals surface area contributed by atoms with Gasteiger partial charge in [-0.1, -0.05) is 20.8 Å². The van der Waals surface area contributed by atoms with E-state index in [2.05, 4.69) is 31.0 Å². The topological polar surface area (TPSA) is 41.6 Å². The van der Waals surface area contributed by atoms with Crippen LogP contribution in [0.2, 0.25) is 0 Å². The second-order valence-electron chi connectivity index (χ2n) is 6.31. The predicted molar refractivity (Wildman–Crippen MR) is 91.1 cm³/mol. The van der Waals surface area contributed by atoms with Crippen LogP contribution in [0.25, 0.3) is 0 Å². The van der Waals surface area contributed by atoms with Gasteiger partial charge >= 0.3 is 0 Å². The number of carbonyl (C=O) groups is 1. The van der Waals surface area contributed by atoms with Crippen LogP contribution in [0.5, 0.6) is 5.75 Å². The molecule has 0 saturated heterocycles. The van der Waals surface area contributed by atoms with Crippen LogP contribution in [-0.2, 0) is 0 Å². The SMILES string of the molecule is CCCN1CC(C(C)C)Oc2ccc(C(=O)CCNC)cc21. The first-order valence-corrected chi connectivity index (χ1v) is 8.30. The van der Waals surface area contributed by atoms with Crippen LogP contribution in [0.15, 0.2) is 18.2 Å². The summed E-state index contributed by atoms with van der Waals surface area (Å²) in [7, 11) is 1.86. The number of hydrogen-bond donors (Lipinski definition) is 1. The largest absolute Gasteiger partial charge is 0.486 e. The highest BCUT2D eigenvalue weighted by Gasteiger charge is 2.28. The molecular weight excluding hydrogens is 276 g/mol. The van der Waals surface area contributed by atoms with Gasteiger partial charge in [0, 0.05) is 25.1 Å². The van der Waals surface area contributed by atoms with Crippen LogP contribution in [0.3, 0.4) is 0 Å². The molecule has 0 saturated carbocycles. The van der Waals surface area contributed by atoms with Gasteiger partial charge in [-0.3, -0.25) is 4.79 Å². The van der Waals surface area contributed by atoms with Gasteiger partial charge in [-0.15, -0.1) is 0 Å². The minimum Gasteiger partial charge on any atom is -0.486 e. The molecule has 1 aliphatic rings. The van der Waals surface area contributed by atoms with Crippen LogP contribution in [0, 0.1) is 5.92 Å². The van der Waals surface area contributed by atoms with Gasteiger partial charge < -0.3 is 15.0 Å². The highest BCUT2D eigenvalue weighted by molar-refractivity contribution is 5.97. The molecule has 0 radical (unpaired) electrons. The third kappa shape index (κ3) is 3.80. The Kier molecular flexibility index (Phi) is 5.83. The Bertz CT molecular complexity index is 514. The molecule has 1 heterocycles. The normalized spacial score (nSPS) is 17.3. The quantitative estimate of drug-likeness (QED) is 0.786. The fraction of sp³-hybridized carbons (Fsp3) is 0.611. The van der Waals surface area contributed by atoms with E-state index in [0.29, 0.717) is 18.9 Å². The summed E-state index contributed by atoms with van der Waals surface area (Å²) in [6.45, 7) is 9.16. The first kappa shape index (κ1) is 16.8. The predicted octanol–water partition coefficient (Wildman–Crippen LogP) is 3.11. The molecule has 4 heteroatoms. The summed E-state index contributed by atoms with van der Waals surface area (Å²) < 4.78 is 6.12. The highest BCUT2D eigenvalue weighted by atomic mass is 16.5. The third-order valence-electron chi connectivity index (χ3n) is 4.14. The third-order valence-corrected chi connectivity index (χ3v) is 4.14. The fourth-order valence-corrected chi connectivity index (χ4v) is 2.76. The lowest BCUT2D eigenvalue weighted by Gasteiger charge is -2.38. The maximum atomic E-state index is 12.2. The van der Waals surface area contributed by atoms with Crippen molar-refractivity contribution in [3.05, 3.63) is 23.8 Å². The average molecular weight is 304 g/mol. The van der Waals surface area contributed by atoms with E-state index in [-0.39, 0.29) is 11.9 Å². The molecule has 22 heavy (non-hydrogen) atoms. The Morgan fingerprint density at radius 3 is 2.86 bits per heavy atom. The monoisotopic (exact) mass is 304 g/mol. The Morgan fingerprint density at radius 2 is 2.23 bits per heavy atom. The zero-order valence-electron chi connectivity index (χ0n) is 14.2. The van der Waals surface area contributed by atoms with Gasteiger partial charge in [-0.2, -0.15) is 0 Å². The second-order valence-corrected chi connectivity index (χ2v) is 6.31. The molecule has 1 atom stereocenters. The standard InChI is InChI=1S/C18H28N2O2/c1-5-10-20-12-18(13(2)3)22-17-7-6-14(11-15(17)20)16(21)8-9-19-4/h6-7,11,13,18-19H,5,8-10,12H2,1-4H3. The number of nitrogens with one attached hydrogen (secondary N) is 1. The summed E-state index contributed by atoms with van der Waals surface area (Å²) in [5.41, 5.74) is 1.84. The first-order chi connectivity index (χ1) is 10.6. The van der Waals surface area contributed by atoms with Crippen molar-refractivity contribution in [1.82, 2.24) is 5.32 Å². The van der Waals surface area contributed by atoms with Gasteiger partial charge in [-0.25, -0.2) is 0 Å². The molecule has 2 rings (SSSR count). The van der Waals surface area contributed by atoms with Gasteiger partial charge in [0.15, 0.2) is 5.78 Å². The number of ether oxygens (including phenoxy) is 1. The van der Waals surface area contributed by atoms with Crippen LogP contribution in [0.4, 0.5) is 5.69 Å². The molecule has 1 aromatic carbocycles. The molecule has 0 amide bonds. The van der Waals surface area contributed by atoms with Crippen LogP contribution < -0.4 is 15.0 Å². The van der Waals surface area contributed by atoms with Crippen molar-refractivity contribution in [3.63, 3.8) is 0 Å². The maximum absolute atomic E-state index is 12.2. The summed E-state index contributed by atoms with van der Waals surface area (Å²) in [5, 5.41) is 3.02. The van der Waals surface area contributed by atoms with E-state index < -0.39 is 0 Å². The molecule has 0 fully saturated rings. The molecular formula is C18H28N2O2. The Labute approximate surface area is 133 Å². The van der Waals surface area contributed by atoms with Gasteiger partial charge in [-0.05, 0) is 37.6 Å². The number of ketones is 1. The minimum atomic E-state index is 0.180. The lowest BCUT2D eigenvalue weighted by molar-refractivity contribution is 0.0983. The molecule has 1 aromatic rings. The Morgan fingerprint density at radius 1 is 1.45 bits per heavy atom. The van der Waals surface area contributed by atoms with E-state index in [4.69, 9.17) is 4.74 Å². The number of hydrogen-bond acceptors (Lipinski definition) is 4. The number of fused-ring (bicyclic) bond motifs is 1. The summed E-state index contributed by atoms with van der Waals surface area (Å²) in [6.07, 6.45) is 1.82. The van der Waals surface area contributed by atoms with Crippen LogP contribution in [-0.4, -0.2) is 38.6 Å². The molecule has 122 valence electrons.